The van der Waals surface area contributed by atoms with Gasteiger partial charge in [-0.05, 0) is 50.2 Å². The molecule has 0 aliphatic carbocycles. The number of hydrogen-bond acceptors (Lipinski definition) is 3. The predicted molar refractivity (Wildman–Crippen MR) is 94.2 cm³/mol. The second-order valence-corrected chi connectivity index (χ2v) is 6.27. The zero-order chi connectivity index (χ0) is 17.7. The Morgan fingerprint density at radius 3 is 2.08 bits per heavy atom. The van der Waals surface area contributed by atoms with E-state index in [1.807, 2.05) is 30.3 Å². The first-order valence-electron chi connectivity index (χ1n) is 7.70. The molecular weight excluding hydrogens is 304 g/mol. The number of hydrogen-bond donors (Lipinski definition) is 2. The van der Waals surface area contributed by atoms with E-state index < -0.39 is 5.54 Å². The topological polar surface area (TPSA) is 69.6 Å². The van der Waals surface area contributed by atoms with E-state index in [9.17, 15) is 14.7 Å². The fourth-order valence-corrected chi connectivity index (χ4v) is 2.15. The number of benzene rings is 2. The molecule has 2 N–H and O–H groups in total. The quantitative estimate of drug-likeness (QED) is 0.887. The van der Waals surface area contributed by atoms with Gasteiger partial charge in [0.25, 0.3) is 11.8 Å². The molecule has 0 fully saturated rings. The van der Waals surface area contributed by atoms with Crippen molar-refractivity contribution in [1.82, 2.24) is 5.32 Å². The van der Waals surface area contributed by atoms with E-state index in [-0.39, 0.29) is 18.4 Å². The standard InChI is InChI=1S/C19H22N2O3/c1-19(2,13-22)20-17(23)14-9-11-15(12-10-14)18(24)21(3)16-7-5-4-6-8-16/h4-12,22H,13H2,1-3H3,(H,20,23). The van der Waals surface area contributed by atoms with Crippen molar-refractivity contribution in [2.75, 3.05) is 18.6 Å². The molecule has 0 spiro atoms. The first-order valence-corrected chi connectivity index (χ1v) is 7.70. The first kappa shape index (κ1) is 17.7. The summed E-state index contributed by atoms with van der Waals surface area (Å²) in [6, 6.07) is 15.8. The number of nitrogens with zero attached hydrogens (tertiary/aromatic N) is 1. The average Bonchev–Trinajstić information content (AvgIpc) is 2.61. The number of aliphatic hydroxyl groups excluding tert-OH is 1. The Bertz CT molecular complexity index is 709. The van der Waals surface area contributed by atoms with Gasteiger partial charge in [0, 0.05) is 23.9 Å². The summed E-state index contributed by atoms with van der Waals surface area (Å²) in [5.74, 6) is -0.437. The molecule has 0 aliphatic heterocycles. The van der Waals surface area contributed by atoms with Crippen molar-refractivity contribution < 1.29 is 14.7 Å². The lowest BCUT2D eigenvalue weighted by molar-refractivity contribution is 0.0868. The zero-order valence-electron chi connectivity index (χ0n) is 14.1. The Hall–Kier alpha value is -2.66. The van der Waals surface area contributed by atoms with E-state index in [2.05, 4.69) is 5.32 Å². The van der Waals surface area contributed by atoms with E-state index in [1.54, 1.807) is 50.1 Å². The summed E-state index contributed by atoms with van der Waals surface area (Å²) in [7, 11) is 1.71. The van der Waals surface area contributed by atoms with Gasteiger partial charge in [-0.2, -0.15) is 0 Å². The summed E-state index contributed by atoms with van der Waals surface area (Å²) in [6.07, 6.45) is 0. The molecule has 126 valence electrons. The van der Waals surface area contributed by atoms with Crippen LogP contribution in [0.25, 0.3) is 0 Å². The van der Waals surface area contributed by atoms with Gasteiger partial charge >= 0.3 is 0 Å². The minimum atomic E-state index is -0.695. The lowest BCUT2D eigenvalue weighted by atomic mass is 10.1. The van der Waals surface area contributed by atoms with E-state index in [1.165, 1.54) is 0 Å². The van der Waals surface area contributed by atoms with Crippen LogP contribution in [-0.2, 0) is 0 Å². The lowest BCUT2D eigenvalue weighted by Gasteiger charge is -2.23. The van der Waals surface area contributed by atoms with E-state index in [4.69, 9.17) is 0 Å². The van der Waals surface area contributed by atoms with Gasteiger partial charge in [0.15, 0.2) is 0 Å². The van der Waals surface area contributed by atoms with Crippen LogP contribution in [0, 0.1) is 0 Å². The van der Waals surface area contributed by atoms with Crippen LogP contribution in [0.1, 0.15) is 34.6 Å². The minimum absolute atomic E-state index is 0.149. The van der Waals surface area contributed by atoms with Crippen molar-refractivity contribution in [3.63, 3.8) is 0 Å². The molecule has 0 saturated carbocycles. The Labute approximate surface area is 141 Å². The molecule has 0 aliphatic rings. The molecular formula is C19H22N2O3. The van der Waals surface area contributed by atoms with E-state index in [0.29, 0.717) is 11.1 Å². The Kier molecular flexibility index (Phi) is 5.36. The van der Waals surface area contributed by atoms with Gasteiger partial charge < -0.3 is 15.3 Å². The molecule has 2 aromatic rings. The number of anilines is 1. The highest BCUT2D eigenvalue weighted by atomic mass is 16.3. The number of amides is 2. The molecule has 2 amide bonds. The number of rotatable bonds is 5. The Balaban J connectivity index is 2.11. The molecule has 0 unspecified atom stereocenters. The second-order valence-electron chi connectivity index (χ2n) is 6.27. The van der Waals surface area contributed by atoms with Gasteiger partial charge in [-0.3, -0.25) is 9.59 Å². The summed E-state index contributed by atoms with van der Waals surface area (Å²) in [4.78, 5) is 26.2. The molecule has 0 saturated heterocycles. The maximum Gasteiger partial charge on any atom is 0.258 e. The maximum absolute atomic E-state index is 12.5. The number of aliphatic hydroxyl groups is 1. The molecule has 0 radical (unpaired) electrons. The summed E-state index contributed by atoms with van der Waals surface area (Å²) in [5, 5.41) is 11.9. The third-order valence-electron chi connectivity index (χ3n) is 3.69. The van der Waals surface area contributed by atoms with Crippen LogP contribution in [0.3, 0.4) is 0 Å². The van der Waals surface area contributed by atoms with Crippen molar-refractivity contribution >= 4 is 17.5 Å². The fourth-order valence-electron chi connectivity index (χ4n) is 2.15. The maximum atomic E-state index is 12.5. The Morgan fingerprint density at radius 1 is 1.00 bits per heavy atom. The molecule has 2 rings (SSSR count). The van der Waals surface area contributed by atoms with Crippen LogP contribution in [0.2, 0.25) is 0 Å². The third-order valence-corrected chi connectivity index (χ3v) is 3.69. The van der Waals surface area contributed by atoms with Crippen molar-refractivity contribution in [3.05, 3.63) is 65.7 Å². The SMILES string of the molecule is CN(C(=O)c1ccc(C(=O)NC(C)(C)CO)cc1)c1ccccc1. The van der Waals surface area contributed by atoms with Crippen molar-refractivity contribution in [2.24, 2.45) is 0 Å². The van der Waals surface area contributed by atoms with Crippen molar-refractivity contribution in [3.8, 4) is 0 Å². The minimum Gasteiger partial charge on any atom is -0.394 e. The summed E-state index contributed by atoms with van der Waals surface area (Å²) in [6.45, 7) is 3.31. The van der Waals surface area contributed by atoms with Crippen LogP contribution in [-0.4, -0.2) is 36.1 Å². The van der Waals surface area contributed by atoms with Crippen LogP contribution >= 0.6 is 0 Å². The summed E-state index contributed by atoms with van der Waals surface area (Å²) < 4.78 is 0. The van der Waals surface area contributed by atoms with Crippen LogP contribution in [0.5, 0.6) is 0 Å². The molecule has 5 heteroatoms. The van der Waals surface area contributed by atoms with Gasteiger partial charge in [-0.15, -0.1) is 0 Å². The second kappa shape index (κ2) is 7.27. The largest absolute Gasteiger partial charge is 0.394 e. The van der Waals surface area contributed by atoms with Crippen LogP contribution in [0.4, 0.5) is 5.69 Å². The molecule has 2 aromatic carbocycles. The van der Waals surface area contributed by atoms with Gasteiger partial charge in [0.05, 0.1) is 12.1 Å². The van der Waals surface area contributed by atoms with Crippen molar-refractivity contribution in [2.45, 2.75) is 19.4 Å². The van der Waals surface area contributed by atoms with Gasteiger partial charge in [-0.25, -0.2) is 0 Å². The summed E-state index contributed by atoms with van der Waals surface area (Å²) in [5.41, 5.74) is 1.04. The van der Waals surface area contributed by atoms with E-state index >= 15 is 0 Å². The van der Waals surface area contributed by atoms with Crippen LogP contribution < -0.4 is 10.2 Å². The highest BCUT2D eigenvalue weighted by molar-refractivity contribution is 6.06. The number of para-hydroxylation sites is 1. The highest BCUT2D eigenvalue weighted by Crippen LogP contribution is 2.15. The number of carbonyl (C=O) groups is 2. The molecule has 0 heterocycles. The number of nitrogens with one attached hydrogen (secondary N) is 1. The number of carbonyl (C=O) groups excluding carboxylic acids is 2. The highest BCUT2D eigenvalue weighted by Gasteiger charge is 2.20. The molecule has 5 nitrogen and oxygen atoms in total. The first-order chi connectivity index (χ1) is 11.3. The molecule has 24 heavy (non-hydrogen) atoms. The van der Waals surface area contributed by atoms with Crippen LogP contribution in [0.15, 0.2) is 54.6 Å². The monoisotopic (exact) mass is 326 g/mol. The predicted octanol–water partition coefficient (Wildman–Crippen LogP) is 2.46. The van der Waals surface area contributed by atoms with Gasteiger partial charge in [0.1, 0.15) is 0 Å². The Morgan fingerprint density at radius 2 is 1.54 bits per heavy atom. The third kappa shape index (κ3) is 4.20. The smallest absolute Gasteiger partial charge is 0.258 e. The molecule has 0 aromatic heterocycles. The lowest BCUT2D eigenvalue weighted by Crippen LogP contribution is -2.46. The average molecular weight is 326 g/mol. The normalized spacial score (nSPS) is 11.0. The van der Waals surface area contributed by atoms with Gasteiger partial charge in [-0.1, -0.05) is 18.2 Å². The van der Waals surface area contributed by atoms with E-state index in [0.717, 1.165) is 5.69 Å². The van der Waals surface area contributed by atoms with Gasteiger partial charge in [0.2, 0.25) is 0 Å². The summed E-state index contributed by atoms with van der Waals surface area (Å²) >= 11 is 0. The molecule has 0 bridgehead atoms. The van der Waals surface area contributed by atoms with Crippen molar-refractivity contribution in [1.29, 1.82) is 0 Å². The fraction of sp³-hybridized carbons (Fsp3) is 0.263. The molecule has 0 atom stereocenters. The zero-order valence-corrected chi connectivity index (χ0v) is 14.1.